The highest BCUT2D eigenvalue weighted by molar-refractivity contribution is 5.78. The van der Waals surface area contributed by atoms with Crippen molar-refractivity contribution in [1.82, 2.24) is 4.90 Å². The van der Waals surface area contributed by atoms with Crippen LogP contribution in [-0.4, -0.2) is 43.2 Å². The Bertz CT molecular complexity index is 459. The second kappa shape index (κ2) is 5.94. The number of likely N-dealkylation sites (tertiary alicyclic amines) is 1. The summed E-state index contributed by atoms with van der Waals surface area (Å²) in [6.45, 7) is 2.26. The highest BCUT2D eigenvalue weighted by Gasteiger charge is 2.33. The maximum Gasteiger partial charge on any atom is 0.248 e. The molecule has 0 spiro atoms. The van der Waals surface area contributed by atoms with Gasteiger partial charge in [0, 0.05) is 25.0 Å². The molecule has 3 rings (SSSR count). The lowest BCUT2D eigenvalue weighted by atomic mass is 9.95. The molecule has 0 bridgehead atoms. The molecule has 4 nitrogen and oxygen atoms in total. The summed E-state index contributed by atoms with van der Waals surface area (Å²) in [6, 6.07) is 10.2. The number of benzene rings is 1. The standard InChI is InChI=1S/C16H22N2O2/c17-15-9-18(16(19)11-20-10-12-6-7-12)8-14(15)13-4-2-1-3-5-13/h1-5,12,14-15H,6-11,17H2/t14-,15+/m0/s1. The van der Waals surface area contributed by atoms with E-state index in [9.17, 15) is 4.79 Å². The molecule has 1 saturated carbocycles. The van der Waals surface area contributed by atoms with Gasteiger partial charge in [-0.2, -0.15) is 0 Å². The third-order valence-corrected chi connectivity index (χ3v) is 4.22. The van der Waals surface area contributed by atoms with Gasteiger partial charge in [0.2, 0.25) is 5.91 Å². The molecule has 4 heteroatoms. The monoisotopic (exact) mass is 274 g/mol. The second-order valence-corrected chi connectivity index (χ2v) is 5.94. The molecule has 1 aromatic rings. The van der Waals surface area contributed by atoms with E-state index in [0.717, 1.165) is 6.61 Å². The number of nitrogens with zero attached hydrogens (tertiary/aromatic N) is 1. The van der Waals surface area contributed by atoms with Gasteiger partial charge >= 0.3 is 0 Å². The van der Waals surface area contributed by atoms with E-state index in [1.807, 2.05) is 23.1 Å². The van der Waals surface area contributed by atoms with E-state index in [2.05, 4.69) is 12.1 Å². The highest BCUT2D eigenvalue weighted by Crippen LogP contribution is 2.29. The first kappa shape index (κ1) is 13.6. The number of carbonyl (C=O) groups excluding carboxylic acids is 1. The Labute approximate surface area is 119 Å². The van der Waals surface area contributed by atoms with Crippen molar-refractivity contribution in [3.63, 3.8) is 0 Å². The van der Waals surface area contributed by atoms with E-state index in [1.165, 1.54) is 18.4 Å². The van der Waals surface area contributed by atoms with Crippen LogP contribution in [0.1, 0.15) is 24.3 Å². The van der Waals surface area contributed by atoms with Crippen molar-refractivity contribution in [2.24, 2.45) is 11.7 Å². The molecule has 2 fully saturated rings. The van der Waals surface area contributed by atoms with E-state index in [4.69, 9.17) is 10.5 Å². The van der Waals surface area contributed by atoms with Crippen molar-refractivity contribution in [3.8, 4) is 0 Å². The molecule has 1 aromatic carbocycles. The van der Waals surface area contributed by atoms with Gasteiger partial charge in [-0.15, -0.1) is 0 Å². The van der Waals surface area contributed by atoms with E-state index < -0.39 is 0 Å². The molecule has 20 heavy (non-hydrogen) atoms. The third kappa shape index (κ3) is 3.19. The van der Waals surface area contributed by atoms with E-state index in [-0.39, 0.29) is 24.5 Å². The van der Waals surface area contributed by atoms with Crippen LogP contribution in [0.4, 0.5) is 0 Å². The summed E-state index contributed by atoms with van der Waals surface area (Å²) in [4.78, 5) is 14.0. The smallest absolute Gasteiger partial charge is 0.248 e. The van der Waals surface area contributed by atoms with Gasteiger partial charge in [0.1, 0.15) is 6.61 Å². The first-order valence-corrected chi connectivity index (χ1v) is 7.40. The quantitative estimate of drug-likeness (QED) is 0.882. The minimum Gasteiger partial charge on any atom is -0.371 e. The van der Waals surface area contributed by atoms with Crippen molar-refractivity contribution in [2.45, 2.75) is 24.8 Å². The number of ether oxygens (including phenoxy) is 1. The topological polar surface area (TPSA) is 55.6 Å². The first-order chi connectivity index (χ1) is 9.74. The Morgan fingerprint density at radius 1 is 1.25 bits per heavy atom. The van der Waals surface area contributed by atoms with E-state index in [1.54, 1.807) is 0 Å². The van der Waals surface area contributed by atoms with E-state index in [0.29, 0.717) is 19.0 Å². The fourth-order valence-corrected chi connectivity index (χ4v) is 2.77. The molecule has 2 aliphatic rings. The van der Waals surface area contributed by atoms with Gasteiger partial charge in [0.15, 0.2) is 0 Å². The minimum atomic E-state index is 0.0183. The lowest BCUT2D eigenvalue weighted by Crippen LogP contribution is -2.34. The molecule has 1 aliphatic heterocycles. The summed E-state index contributed by atoms with van der Waals surface area (Å²) in [7, 11) is 0. The van der Waals surface area contributed by atoms with Gasteiger partial charge < -0.3 is 15.4 Å². The van der Waals surface area contributed by atoms with Gasteiger partial charge in [-0.25, -0.2) is 0 Å². The van der Waals surface area contributed by atoms with Crippen LogP contribution in [0.15, 0.2) is 30.3 Å². The molecule has 2 atom stereocenters. The maximum atomic E-state index is 12.1. The number of rotatable bonds is 5. The molecule has 2 N–H and O–H groups in total. The van der Waals surface area contributed by atoms with Crippen molar-refractivity contribution in [3.05, 3.63) is 35.9 Å². The fraction of sp³-hybridized carbons (Fsp3) is 0.562. The van der Waals surface area contributed by atoms with Gasteiger partial charge in [-0.3, -0.25) is 4.79 Å². The van der Waals surface area contributed by atoms with Crippen molar-refractivity contribution in [2.75, 3.05) is 26.3 Å². The summed E-state index contributed by atoms with van der Waals surface area (Å²) >= 11 is 0. The van der Waals surface area contributed by atoms with Crippen LogP contribution in [-0.2, 0) is 9.53 Å². The number of amides is 1. The fourth-order valence-electron chi connectivity index (χ4n) is 2.77. The lowest BCUT2D eigenvalue weighted by molar-refractivity contribution is -0.135. The van der Waals surface area contributed by atoms with Crippen molar-refractivity contribution < 1.29 is 9.53 Å². The van der Waals surface area contributed by atoms with Gasteiger partial charge in [0.05, 0.1) is 6.61 Å². The maximum absolute atomic E-state index is 12.1. The van der Waals surface area contributed by atoms with E-state index >= 15 is 0 Å². The number of carbonyl (C=O) groups is 1. The molecule has 0 unspecified atom stereocenters. The first-order valence-electron chi connectivity index (χ1n) is 7.40. The summed E-state index contributed by atoms with van der Waals surface area (Å²) in [5.74, 6) is 1.00. The average Bonchev–Trinajstić information content (AvgIpc) is 3.20. The normalized spacial score (nSPS) is 25.9. The second-order valence-electron chi connectivity index (χ2n) is 5.94. The molecule has 1 saturated heterocycles. The van der Waals surface area contributed by atoms with Crippen LogP contribution >= 0.6 is 0 Å². The van der Waals surface area contributed by atoms with Crippen LogP contribution < -0.4 is 5.73 Å². The Kier molecular flexibility index (Phi) is 4.03. The SMILES string of the molecule is N[C@@H]1CN(C(=O)COCC2CC2)C[C@H]1c1ccccc1. The van der Waals surface area contributed by atoms with Crippen LogP contribution in [0.5, 0.6) is 0 Å². The minimum absolute atomic E-state index is 0.0183. The zero-order chi connectivity index (χ0) is 13.9. The molecular formula is C16H22N2O2. The predicted molar refractivity (Wildman–Crippen MR) is 77.3 cm³/mol. The molecule has 0 aromatic heterocycles. The van der Waals surface area contributed by atoms with Crippen LogP contribution in [0.2, 0.25) is 0 Å². The number of hydrogen-bond acceptors (Lipinski definition) is 3. The molecular weight excluding hydrogens is 252 g/mol. The Morgan fingerprint density at radius 3 is 2.70 bits per heavy atom. The lowest BCUT2D eigenvalue weighted by Gasteiger charge is -2.16. The highest BCUT2D eigenvalue weighted by atomic mass is 16.5. The predicted octanol–water partition coefficient (Wildman–Crippen LogP) is 1.37. The van der Waals surface area contributed by atoms with Gasteiger partial charge in [0.25, 0.3) is 0 Å². The summed E-state index contributed by atoms with van der Waals surface area (Å²) in [5, 5.41) is 0. The molecule has 1 heterocycles. The van der Waals surface area contributed by atoms with Gasteiger partial charge in [-0.05, 0) is 24.3 Å². The van der Waals surface area contributed by atoms with Crippen LogP contribution in [0.3, 0.4) is 0 Å². The Hall–Kier alpha value is -1.39. The number of hydrogen-bond donors (Lipinski definition) is 1. The zero-order valence-corrected chi connectivity index (χ0v) is 11.7. The van der Waals surface area contributed by atoms with Crippen LogP contribution in [0, 0.1) is 5.92 Å². The summed E-state index contributed by atoms with van der Waals surface area (Å²) < 4.78 is 5.48. The van der Waals surface area contributed by atoms with Crippen LogP contribution in [0.25, 0.3) is 0 Å². The molecule has 1 amide bonds. The molecule has 108 valence electrons. The Balaban J connectivity index is 1.52. The average molecular weight is 274 g/mol. The molecule has 1 aliphatic carbocycles. The third-order valence-electron chi connectivity index (χ3n) is 4.22. The largest absolute Gasteiger partial charge is 0.371 e. The summed E-state index contributed by atoms with van der Waals surface area (Å²) in [6.07, 6.45) is 2.50. The summed E-state index contributed by atoms with van der Waals surface area (Å²) in [5.41, 5.74) is 7.41. The zero-order valence-electron chi connectivity index (χ0n) is 11.7. The van der Waals surface area contributed by atoms with Crippen molar-refractivity contribution in [1.29, 1.82) is 0 Å². The molecule has 0 radical (unpaired) electrons. The number of nitrogens with two attached hydrogens (primary N) is 1. The Morgan fingerprint density at radius 2 is 2.00 bits per heavy atom. The van der Waals surface area contributed by atoms with Crippen molar-refractivity contribution >= 4 is 5.91 Å². The van der Waals surface area contributed by atoms with Gasteiger partial charge in [-0.1, -0.05) is 30.3 Å².